The summed E-state index contributed by atoms with van der Waals surface area (Å²) >= 11 is 24.4. The van der Waals surface area contributed by atoms with Crippen LogP contribution in [0, 0.1) is 0 Å². The molecule has 0 fully saturated rings. The molecule has 0 aliphatic rings. The molecule has 0 unspecified atom stereocenters. The molecule has 0 spiro atoms. The first-order chi connectivity index (χ1) is 16.2. The van der Waals surface area contributed by atoms with Gasteiger partial charge in [-0.2, -0.15) is 0 Å². The maximum Gasteiger partial charge on any atom is 0.244 e. The van der Waals surface area contributed by atoms with E-state index in [-0.39, 0.29) is 39.2 Å². The lowest BCUT2D eigenvalue weighted by Gasteiger charge is -2.32. The quantitative estimate of drug-likeness (QED) is 0.406. The molecule has 1 N–H and O–H groups in total. The summed E-state index contributed by atoms with van der Waals surface area (Å²) in [6.45, 7) is 4.74. The SMILES string of the molecule is CC[C@@H](C)NC(=O)[C@H](C)N(Cc1ccc(Cl)c(Cl)c1)C(=O)CN(c1cc(Cl)ccc1Cl)S(C)(=O)=O. The van der Waals surface area contributed by atoms with E-state index in [0.717, 1.165) is 10.6 Å². The fourth-order valence-electron chi connectivity index (χ4n) is 3.15. The normalized spacial score (nSPS) is 13.1. The molecule has 192 valence electrons. The van der Waals surface area contributed by atoms with Crippen LogP contribution in [0.1, 0.15) is 32.8 Å². The molecule has 0 aliphatic heterocycles. The minimum atomic E-state index is -3.94. The van der Waals surface area contributed by atoms with Crippen LogP contribution in [0.2, 0.25) is 20.1 Å². The van der Waals surface area contributed by atoms with Crippen molar-refractivity contribution in [2.75, 3.05) is 17.1 Å². The van der Waals surface area contributed by atoms with Gasteiger partial charge >= 0.3 is 0 Å². The number of benzene rings is 2. The summed E-state index contributed by atoms with van der Waals surface area (Å²) in [5, 5.41) is 3.84. The number of anilines is 1. The zero-order valence-corrected chi connectivity index (χ0v) is 23.5. The Balaban J connectivity index is 2.45. The zero-order valence-electron chi connectivity index (χ0n) is 19.7. The Hall–Kier alpha value is -1.71. The molecule has 2 amide bonds. The van der Waals surface area contributed by atoms with E-state index >= 15 is 0 Å². The van der Waals surface area contributed by atoms with Crippen LogP contribution >= 0.6 is 46.4 Å². The van der Waals surface area contributed by atoms with E-state index in [4.69, 9.17) is 46.4 Å². The van der Waals surface area contributed by atoms with Gasteiger partial charge < -0.3 is 10.2 Å². The van der Waals surface area contributed by atoms with Gasteiger partial charge in [-0.1, -0.05) is 59.4 Å². The maximum absolute atomic E-state index is 13.5. The zero-order chi connectivity index (χ0) is 26.5. The molecule has 0 saturated carbocycles. The van der Waals surface area contributed by atoms with E-state index in [2.05, 4.69) is 5.32 Å². The highest BCUT2D eigenvalue weighted by molar-refractivity contribution is 7.92. The predicted octanol–water partition coefficient (Wildman–Crippen LogP) is 5.40. The van der Waals surface area contributed by atoms with Gasteiger partial charge in [0, 0.05) is 17.6 Å². The lowest BCUT2D eigenvalue weighted by molar-refractivity contribution is -0.139. The van der Waals surface area contributed by atoms with Crippen LogP contribution < -0.4 is 9.62 Å². The first-order valence-electron chi connectivity index (χ1n) is 10.7. The van der Waals surface area contributed by atoms with Crippen molar-refractivity contribution in [1.29, 1.82) is 0 Å². The Labute approximate surface area is 226 Å². The number of carbonyl (C=O) groups excluding carboxylic acids is 2. The second-order valence-electron chi connectivity index (χ2n) is 8.13. The van der Waals surface area contributed by atoms with E-state index in [9.17, 15) is 18.0 Å². The number of amides is 2. The summed E-state index contributed by atoms with van der Waals surface area (Å²) in [5.41, 5.74) is 0.670. The van der Waals surface area contributed by atoms with Crippen molar-refractivity contribution >= 4 is 73.9 Å². The van der Waals surface area contributed by atoms with Crippen LogP contribution in [0.3, 0.4) is 0 Å². The van der Waals surface area contributed by atoms with Gasteiger partial charge in [0.15, 0.2) is 0 Å². The fourth-order valence-corrected chi connectivity index (χ4v) is 4.76. The van der Waals surface area contributed by atoms with Gasteiger partial charge in [-0.05, 0) is 56.2 Å². The van der Waals surface area contributed by atoms with Crippen molar-refractivity contribution in [3.8, 4) is 0 Å². The molecule has 0 saturated heterocycles. The Kier molecular flexibility index (Phi) is 10.5. The highest BCUT2D eigenvalue weighted by atomic mass is 35.5. The van der Waals surface area contributed by atoms with Crippen LogP contribution in [0.4, 0.5) is 5.69 Å². The van der Waals surface area contributed by atoms with Gasteiger partial charge in [-0.15, -0.1) is 0 Å². The van der Waals surface area contributed by atoms with Crippen molar-refractivity contribution in [2.24, 2.45) is 0 Å². The molecule has 0 heterocycles. The number of nitrogens with zero attached hydrogens (tertiary/aromatic N) is 2. The second kappa shape index (κ2) is 12.5. The summed E-state index contributed by atoms with van der Waals surface area (Å²) in [6, 6.07) is 8.14. The van der Waals surface area contributed by atoms with Crippen LogP contribution in [0.25, 0.3) is 0 Å². The number of nitrogens with one attached hydrogen (secondary N) is 1. The summed E-state index contributed by atoms with van der Waals surface area (Å²) in [5.74, 6) is -0.996. The molecule has 7 nitrogen and oxygen atoms in total. The van der Waals surface area contributed by atoms with Gasteiger partial charge in [0.1, 0.15) is 12.6 Å². The highest BCUT2D eigenvalue weighted by Crippen LogP contribution is 2.31. The molecule has 2 rings (SSSR count). The lowest BCUT2D eigenvalue weighted by atomic mass is 10.1. The molecule has 0 aromatic heterocycles. The van der Waals surface area contributed by atoms with Crippen molar-refractivity contribution in [3.05, 3.63) is 62.1 Å². The van der Waals surface area contributed by atoms with Gasteiger partial charge in [0.25, 0.3) is 0 Å². The standard InChI is InChI=1S/C23H27Cl4N3O4S/c1-5-14(2)28-23(32)15(3)29(12-16-6-8-18(25)20(27)10-16)22(31)13-30(35(4,33)34)21-11-17(24)7-9-19(21)26/h6-11,14-15H,5,12-13H2,1-4H3,(H,28,32)/t14-,15+/m1/s1. The predicted molar refractivity (Wildman–Crippen MR) is 143 cm³/mol. The number of halogens is 4. The Morgan fingerprint density at radius 3 is 2.17 bits per heavy atom. The van der Waals surface area contributed by atoms with Crippen molar-refractivity contribution in [1.82, 2.24) is 10.2 Å². The van der Waals surface area contributed by atoms with Gasteiger partial charge in [-0.25, -0.2) is 8.42 Å². The van der Waals surface area contributed by atoms with E-state index in [1.807, 2.05) is 13.8 Å². The molecular formula is C23H27Cl4N3O4S. The molecule has 0 radical (unpaired) electrons. The van der Waals surface area contributed by atoms with E-state index in [1.54, 1.807) is 25.1 Å². The molecule has 2 aromatic carbocycles. The number of hydrogen-bond donors (Lipinski definition) is 1. The van der Waals surface area contributed by atoms with Crippen LogP contribution in [0.5, 0.6) is 0 Å². The molecule has 35 heavy (non-hydrogen) atoms. The number of rotatable bonds is 10. The molecule has 2 atom stereocenters. The van der Waals surface area contributed by atoms with Gasteiger partial charge in [0.2, 0.25) is 21.8 Å². The monoisotopic (exact) mass is 581 g/mol. The Bertz CT molecular complexity index is 1190. The highest BCUT2D eigenvalue weighted by Gasteiger charge is 2.31. The minimum absolute atomic E-state index is 0.00824. The molecule has 0 aliphatic carbocycles. The summed E-state index contributed by atoms with van der Waals surface area (Å²) in [4.78, 5) is 27.7. The average Bonchev–Trinajstić information content (AvgIpc) is 2.78. The van der Waals surface area contributed by atoms with E-state index < -0.39 is 28.5 Å². The van der Waals surface area contributed by atoms with Gasteiger partial charge in [0.05, 0.1) is 27.0 Å². The summed E-state index contributed by atoms with van der Waals surface area (Å²) in [7, 11) is -3.94. The number of sulfonamides is 1. The van der Waals surface area contributed by atoms with Crippen LogP contribution in [0.15, 0.2) is 36.4 Å². The molecular weight excluding hydrogens is 556 g/mol. The Morgan fingerprint density at radius 1 is 0.971 bits per heavy atom. The largest absolute Gasteiger partial charge is 0.352 e. The molecule has 2 aromatic rings. The first-order valence-corrected chi connectivity index (χ1v) is 14.1. The van der Waals surface area contributed by atoms with E-state index in [1.165, 1.54) is 23.1 Å². The average molecular weight is 583 g/mol. The van der Waals surface area contributed by atoms with Crippen LogP contribution in [-0.2, 0) is 26.2 Å². The fraction of sp³-hybridized carbons (Fsp3) is 0.391. The molecule has 12 heteroatoms. The minimum Gasteiger partial charge on any atom is -0.352 e. The smallest absolute Gasteiger partial charge is 0.244 e. The topological polar surface area (TPSA) is 86.8 Å². The summed E-state index contributed by atoms with van der Waals surface area (Å²) in [6.07, 6.45) is 1.66. The van der Waals surface area contributed by atoms with Crippen molar-refractivity contribution < 1.29 is 18.0 Å². The summed E-state index contributed by atoms with van der Waals surface area (Å²) < 4.78 is 26.1. The molecule has 0 bridgehead atoms. The third-order valence-corrected chi connectivity index (χ3v) is 7.78. The maximum atomic E-state index is 13.5. The number of hydrogen-bond acceptors (Lipinski definition) is 4. The lowest BCUT2D eigenvalue weighted by Crippen LogP contribution is -2.52. The van der Waals surface area contributed by atoms with Gasteiger partial charge in [-0.3, -0.25) is 13.9 Å². The van der Waals surface area contributed by atoms with Crippen LogP contribution in [-0.4, -0.2) is 50.0 Å². The van der Waals surface area contributed by atoms with Crippen molar-refractivity contribution in [3.63, 3.8) is 0 Å². The first kappa shape index (κ1) is 29.5. The second-order valence-corrected chi connectivity index (χ2v) is 11.7. The van der Waals surface area contributed by atoms with E-state index in [0.29, 0.717) is 17.0 Å². The third kappa shape index (κ3) is 8.15. The number of carbonyl (C=O) groups is 2. The van der Waals surface area contributed by atoms with Crippen molar-refractivity contribution in [2.45, 2.75) is 45.8 Å². The Morgan fingerprint density at radius 2 is 1.60 bits per heavy atom. The third-order valence-electron chi connectivity index (χ3n) is 5.36.